The quantitative estimate of drug-likeness (QED) is 0.663. The molecule has 2 aliphatic rings. The smallest absolute Gasteiger partial charge is 0.254 e. The van der Waals surface area contributed by atoms with Gasteiger partial charge in [-0.3, -0.25) is 9.78 Å². The molecule has 1 amide bonds. The number of benzene rings is 1. The van der Waals surface area contributed by atoms with Gasteiger partial charge in [-0.05, 0) is 48.6 Å². The molecule has 3 aromatic rings. The van der Waals surface area contributed by atoms with Crippen molar-refractivity contribution in [2.45, 2.75) is 50.8 Å². The van der Waals surface area contributed by atoms with Crippen molar-refractivity contribution >= 4 is 28.4 Å². The van der Waals surface area contributed by atoms with Crippen LogP contribution in [0.1, 0.15) is 52.7 Å². The number of hydrogen-bond donors (Lipinski definition) is 1. The van der Waals surface area contributed by atoms with Crippen LogP contribution in [0.15, 0.2) is 42.7 Å². The zero-order valence-corrected chi connectivity index (χ0v) is 16.8. The summed E-state index contributed by atoms with van der Waals surface area (Å²) in [6, 6.07) is 9.62. The number of nitrogens with zero attached hydrogens (tertiary/aromatic N) is 3. The molecule has 1 unspecified atom stereocenters. The largest absolute Gasteiger partial charge is 0.391 e. The molecular formula is C23H22ClN3O2. The molecule has 0 radical (unpaired) electrons. The number of rotatable bonds is 3. The number of aromatic nitrogens is 2. The number of halogens is 1. The Bertz CT molecular complexity index is 1080. The average molecular weight is 408 g/mol. The highest BCUT2D eigenvalue weighted by molar-refractivity contribution is 6.29. The molecule has 2 aromatic heterocycles. The molecule has 6 heteroatoms. The molecule has 1 aromatic carbocycles. The van der Waals surface area contributed by atoms with E-state index in [0.29, 0.717) is 23.7 Å². The minimum Gasteiger partial charge on any atom is -0.391 e. The molecule has 1 saturated carbocycles. The molecule has 5 rings (SSSR count). The summed E-state index contributed by atoms with van der Waals surface area (Å²) in [5.41, 5.74) is 4.65. The predicted octanol–water partition coefficient (Wildman–Crippen LogP) is 4.13. The van der Waals surface area contributed by atoms with Crippen LogP contribution in [0.5, 0.6) is 0 Å². The summed E-state index contributed by atoms with van der Waals surface area (Å²) in [4.78, 5) is 23.9. The lowest BCUT2D eigenvalue weighted by molar-refractivity contribution is 0.0192. The van der Waals surface area contributed by atoms with Crippen molar-refractivity contribution in [1.29, 1.82) is 0 Å². The second kappa shape index (κ2) is 7.39. The standard InChI is InChI=1S/C23H22ClN3O2/c24-21-8-7-14(12-26-21)10-15-11-17-18(22-16(15)4-3-9-25-22)13-27(23(17)29)19-5-1-2-6-20(19)28/h3-4,7-9,11-12,19-20,28H,1-2,5-6,10,13H2/t19?,20-/m0/s1. The topological polar surface area (TPSA) is 66.3 Å². The van der Waals surface area contributed by atoms with E-state index in [1.54, 1.807) is 18.5 Å². The molecule has 1 aliphatic carbocycles. The van der Waals surface area contributed by atoms with E-state index >= 15 is 0 Å². The van der Waals surface area contributed by atoms with Crippen LogP contribution < -0.4 is 0 Å². The number of amides is 1. The fraction of sp³-hybridized carbons (Fsp3) is 0.348. The van der Waals surface area contributed by atoms with E-state index in [1.165, 1.54) is 0 Å². The molecule has 5 nitrogen and oxygen atoms in total. The van der Waals surface area contributed by atoms with E-state index in [4.69, 9.17) is 11.6 Å². The van der Waals surface area contributed by atoms with Crippen molar-refractivity contribution < 1.29 is 9.90 Å². The first-order valence-electron chi connectivity index (χ1n) is 10.1. The van der Waals surface area contributed by atoms with Gasteiger partial charge in [-0.1, -0.05) is 36.6 Å². The fourth-order valence-corrected chi connectivity index (χ4v) is 4.83. The van der Waals surface area contributed by atoms with Gasteiger partial charge in [0, 0.05) is 35.5 Å². The van der Waals surface area contributed by atoms with Crippen LogP contribution in [0.2, 0.25) is 5.15 Å². The number of hydrogen-bond acceptors (Lipinski definition) is 4. The van der Waals surface area contributed by atoms with Crippen molar-refractivity contribution in [2.24, 2.45) is 0 Å². The number of aliphatic hydroxyl groups excluding tert-OH is 1. The Morgan fingerprint density at radius 3 is 2.83 bits per heavy atom. The molecule has 3 heterocycles. The maximum atomic E-state index is 13.3. The molecular weight excluding hydrogens is 386 g/mol. The SMILES string of the molecule is O=C1c2cc(Cc3ccc(Cl)nc3)c3cccnc3c2CN1C1CCCC[C@@H]1O. The maximum Gasteiger partial charge on any atom is 0.254 e. The van der Waals surface area contributed by atoms with Crippen molar-refractivity contribution in [1.82, 2.24) is 14.9 Å². The van der Waals surface area contributed by atoms with Gasteiger partial charge in [0.05, 0.1) is 17.7 Å². The van der Waals surface area contributed by atoms with Crippen LogP contribution in [0, 0.1) is 0 Å². The van der Waals surface area contributed by atoms with Gasteiger partial charge in [0.15, 0.2) is 0 Å². The molecule has 1 N–H and O–H groups in total. The van der Waals surface area contributed by atoms with Crippen LogP contribution in [-0.2, 0) is 13.0 Å². The van der Waals surface area contributed by atoms with Crippen LogP contribution in [-0.4, -0.2) is 38.0 Å². The number of pyridine rings is 2. The minimum atomic E-state index is -0.444. The van der Waals surface area contributed by atoms with Crippen molar-refractivity contribution in [2.75, 3.05) is 0 Å². The number of carbonyl (C=O) groups excluding carboxylic acids is 1. The lowest BCUT2D eigenvalue weighted by atomic mass is 9.91. The van der Waals surface area contributed by atoms with E-state index in [-0.39, 0.29) is 11.9 Å². The molecule has 148 valence electrons. The van der Waals surface area contributed by atoms with E-state index in [0.717, 1.165) is 53.3 Å². The molecule has 1 fully saturated rings. The summed E-state index contributed by atoms with van der Waals surface area (Å²) < 4.78 is 0. The monoisotopic (exact) mass is 407 g/mol. The highest BCUT2D eigenvalue weighted by atomic mass is 35.5. The van der Waals surface area contributed by atoms with Gasteiger partial charge in [-0.2, -0.15) is 0 Å². The van der Waals surface area contributed by atoms with Crippen LogP contribution in [0.4, 0.5) is 0 Å². The summed E-state index contributed by atoms with van der Waals surface area (Å²) in [6.45, 7) is 0.520. The zero-order chi connectivity index (χ0) is 20.0. The van der Waals surface area contributed by atoms with Crippen molar-refractivity contribution in [3.05, 3.63) is 70.1 Å². The lowest BCUT2D eigenvalue weighted by Gasteiger charge is -2.35. The van der Waals surface area contributed by atoms with Gasteiger partial charge in [-0.15, -0.1) is 0 Å². The fourth-order valence-electron chi connectivity index (χ4n) is 4.72. The predicted molar refractivity (Wildman–Crippen MR) is 112 cm³/mol. The van der Waals surface area contributed by atoms with Crippen molar-refractivity contribution in [3.63, 3.8) is 0 Å². The average Bonchev–Trinajstić information content (AvgIpc) is 3.07. The second-order valence-corrected chi connectivity index (χ2v) is 8.37. The normalized spacial score (nSPS) is 21.6. The maximum absolute atomic E-state index is 13.3. The summed E-state index contributed by atoms with van der Waals surface area (Å²) in [7, 11) is 0. The van der Waals surface area contributed by atoms with Crippen LogP contribution >= 0.6 is 11.6 Å². The van der Waals surface area contributed by atoms with Gasteiger partial charge in [0.1, 0.15) is 5.15 Å². The summed E-state index contributed by atoms with van der Waals surface area (Å²) in [5, 5.41) is 12.0. The van der Waals surface area contributed by atoms with Crippen LogP contribution in [0.25, 0.3) is 10.9 Å². The highest BCUT2D eigenvalue weighted by Gasteiger charge is 2.38. The zero-order valence-electron chi connectivity index (χ0n) is 16.0. The number of carbonyl (C=O) groups is 1. The van der Waals surface area contributed by atoms with E-state index in [9.17, 15) is 9.90 Å². The lowest BCUT2D eigenvalue weighted by Crippen LogP contribution is -2.45. The second-order valence-electron chi connectivity index (χ2n) is 7.98. The molecule has 0 saturated heterocycles. The van der Waals surface area contributed by atoms with Gasteiger partial charge in [0.2, 0.25) is 0 Å². The third kappa shape index (κ3) is 3.28. The molecule has 29 heavy (non-hydrogen) atoms. The first-order valence-corrected chi connectivity index (χ1v) is 10.5. The first kappa shape index (κ1) is 18.5. The van der Waals surface area contributed by atoms with E-state index in [1.807, 2.05) is 23.1 Å². The van der Waals surface area contributed by atoms with E-state index < -0.39 is 6.10 Å². The summed E-state index contributed by atoms with van der Waals surface area (Å²) >= 11 is 5.92. The number of fused-ring (bicyclic) bond motifs is 3. The van der Waals surface area contributed by atoms with Gasteiger partial charge in [-0.25, -0.2) is 4.98 Å². The highest BCUT2D eigenvalue weighted by Crippen LogP contribution is 2.36. The minimum absolute atomic E-state index is 0.00832. The Morgan fingerprint density at radius 1 is 1.17 bits per heavy atom. The van der Waals surface area contributed by atoms with Gasteiger partial charge < -0.3 is 10.0 Å². The molecule has 2 atom stereocenters. The number of aliphatic hydroxyl groups is 1. The third-order valence-electron chi connectivity index (χ3n) is 6.18. The van der Waals surface area contributed by atoms with Gasteiger partial charge in [0.25, 0.3) is 5.91 Å². The molecule has 0 spiro atoms. The summed E-state index contributed by atoms with van der Waals surface area (Å²) in [6.07, 6.45) is 7.45. The van der Waals surface area contributed by atoms with Crippen molar-refractivity contribution in [3.8, 4) is 0 Å². The molecule has 1 aliphatic heterocycles. The Balaban J connectivity index is 1.56. The first-order chi connectivity index (χ1) is 14.1. The van der Waals surface area contributed by atoms with Crippen LogP contribution in [0.3, 0.4) is 0 Å². The Hall–Kier alpha value is -2.50. The summed E-state index contributed by atoms with van der Waals surface area (Å²) in [5.74, 6) is 0.00832. The Kier molecular flexibility index (Phi) is 4.72. The Labute approximate surface area is 174 Å². The van der Waals surface area contributed by atoms with Gasteiger partial charge >= 0.3 is 0 Å². The molecule has 0 bridgehead atoms. The van der Waals surface area contributed by atoms with E-state index in [2.05, 4.69) is 16.0 Å². The third-order valence-corrected chi connectivity index (χ3v) is 6.40. The Morgan fingerprint density at radius 2 is 2.03 bits per heavy atom.